The largest absolute Gasteiger partial charge is 0.444 e. The molecule has 0 radical (unpaired) electrons. The average Bonchev–Trinajstić information content (AvgIpc) is 3.31. The van der Waals surface area contributed by atoms with Crippen LogP contribution in [0.25, 0.3) is 11.1 Å². The fourth-order valence-corrected chi connectivity index (χ4v) is 4.09. The molecule has 0 fully saturated rings. The van der Waals surface area contributed by atoms with Crippen LogP contribution in [0.2, 0.25) is 0 Å². The van der Waals surface area contributed by atoms with Crippen LogP contribution in [0.4, 0.5) is 15.1 Å². The monoisotopic (exact) mass is 522 g/mol. The summed E-state index contributed by atoms with van der Waals surface area (Å²) in [6.07, 6.45) is 2.29. The lowest BCUT2D eigenvalue weighted by atomic mass is 9.95. The third-order valence-electron chi connectivity index (χ3n) is 5.32. The van der Waals surface area contributed by atoms with Crippen LogP contribution in [0.1, 0.15) is 44.9 Å². The molecule has 0 saturated carbocycles. The van der Waals surface area contributed by atoms with Gasteiger partial charge < -0.3 is 9.26 Å². The number of alkyl carbamates (subject to hydrolysis) is 1. The summed E-state index contributed by atoms with van der Waals surface area (Å²) in [6, 6.07) is 16.0. The number of rotatable bonds is 4. The predicted molar refractivity (Wildman–Crippen MR) is 141 cm³/mol. The molecule has 1 unspecified atom stereocenters. The Hall–Kier alpha value is -4.05. The van der Waals surface area contributed by atoms with Crippen molar-refractivity contribution in [1.82, 2.24) is 15.4 Å². The maximum absolute atomic E-state index is 14.9. The van der Waals surface area contributed by atoms with Gasteiger partial charge in [-0.2, -0.15) is 4.99 Å². The molecule has 0 aliphatic carbocycles. The molecular weight excluding hydrogens is 495 g/mol. The smallest absolute Gasteiger partial charge is 0.414 e. The quantitative estimate of drug-likeness (QED) is 0.326. The zero-order valence-electron chi connectivity index (χ0n) is 20.8. The molecule has 2 aromatic carbocycles. The number of carbonyl (C=O) groups excluding carboxylic acids is 1. The van der Waals surface area contributed by atoms with E-state index in [1.165, 1.54) is 34.2 Å². The Morgan fingerprint density at radius 1 is 1.14 bits per heavy atom. The van der Waals surface area contributed by atoms with Crippen molar-refractivity contribution in [2.75, 3.05) is 0 Å². The van der Waals surface area contributed by atoms with Gasteiger partial charge in [-0.15, -0.1) is 0 Å². The van der Waals surface area contributed by atoms with Crippen LogP contribution >= 0.6 is 0 Å². The molecule has 37 heavy (non-hydrogen) atoms. The standard InChI is InChI=1S/C27H27FN4O4S/c1-18(20-10-11-21(22(28)16-20)19-8-6-5-7-9-19)23-17-24(36-31-23)29-25(30-26(33)35-27(2,3)4)32-12-14-37(34)15-13-32/h5-18H,1-4H3,(H,29,30,33). The summed E-state index contributed by atoms with van der Waals surface area (Å²) in [5.41, 5.74) is 1.85. The van der Waals surface area contributed by atoms with Gasteiger partial charge in [0.1, 0.15) is 11.4 Å². The highest BCUT2D eigenvalue weighted by Gasteiger charge is 2.21. The van der Waals surface area contributed by atoms with Crippen molar-refractivity contribution in [3.8, 4) is 11.1 Å². The molecule has 1 aromatic heterocycles. The van der Waals surface area contributed by atoms with E-state index >= 15 is 0 Å². The highest BCUT2D eigenvalue weighted by molar-refractivity contribution is 7.90. The summed E-state index contributed by atoms with van der Waals surface area (Å²) >= 11 is 0. The highest BCUT2D eigenvalue weighted by Crippen LogP contribution is 2.30. The van der Waals surface area contributed by atoms with E-state index in [2.05, 4.69) is 15.5 Å². The minimum absolute atomic E-state index is 0.0621. The van der Waals surface area contributed by atoms with Gasteiger partial charge in [0.15, 0.2) is 0 Å². The fourth-order valence-electron chi connectivity index (χ4n) is 3.50. The molecule has 0 saturated heterocycles. The van der Waals surface area contributed by atoms with Crippen LogP contribution in [-0.2, 0) is 15.5 Å². The molecular formula is C27H27FN4O4S. The van der Waals surface area contributed by atoms with Crippen molar-refractivity contribution in [2.45, 2.75) is 39.2 Å². The van der Waals surface area contributed by atoms with E-state index in [-0.39, 0.29) is 23.6 Å². The zero-order valence-corrected chi connectivity index (χ0v) is 21.7. The first kappa shape index (κ1) is 26.0. The number of carbonyl (C=O) groups is 1. The van der Waals surface area contributed by atoms with Crippen molar-refractivity contribution in [3.05, 3.63) is 94.9 Å². The van der Waals surface area contributed by atoms with Crippen molar-refractivity contribution >= 4 is 28.7 Å². The average molecular weight is 523 g/mol. The first-order valence-electron chi connectivity index (χ1n) is 11.5. The van der Waals surface area contributed by atoms with Gasteiger partial charge in [-0.3, -0.25) is 14.4 Å². The lowest BCUT2D eigenvalue weighted by Gasteiger charge is -2.23. The van der Waals surface area contributed by atoms with Crippen LogP contribution in [0, 0.1) is 5.82 Å². The minimum Gasteiger partial charge on any atom is -0.444 e. The fraction of sp³-hybridized carbons (Fsp3) is 0.222. The van der Waals surface area contributed by atoms with E-state index < -0.39 is 22.5 Å². The van der Waals surface area contributed by atoms with E-state index in [1.54, 1.807) is 32.9 Å². The zero-order chi connectivity index (χ0) is 26.6. The second-order valence-electron chi connectivity index (χ2n) is 9.29. The van der Waals surface area contributed by atoms with Gasteiger partial charge in [-0.05, 0) is 38.0 Å². The van der Waals surface area contributed by atoms with Gasteiger partial charge in [0, 0.05) is 40.8 Å². The summed E-state index contributed by atoms with van der Waals surface area (Å²) in [7, 11) is -1.26. The van der Waals surface area contributed by atoms with E-state index in [0.717, 1.165) is 11.1 Å². The Balaban J connectivity index is 1.57. The molecule has 4 rings (SSSR count). The summed E-state index contributed by atoms with van der Waals surface area (Å²) in [5, 5.41) is 9.56. The third-order valence-corrected chi connectivity index (χ3v) is 6.10. The van der Waals surface area contributed by atoms with E-state index in [4.69, 9.17) is 9.26 Å². The van der Waals surface area contributed by atoms with Crippen LogP contribution in [0.5, 0.6) is 0 Å². The second kappa shape index (κ2) is 10.9. The van der Waals surface area contributed by atoms with Crippen molar-refractivity contribution in [3.63, 3.8) is 0 Å². The first-order chi connectivity index (χ1) is 17.6. The van der Waals surface area contributed by atoms with Gasteiger partial charge in [0.05, 0.1) is 16.5 Å². The number of benzene rings is 2. The molecule has 192 valence electrons. The van der Waals surface area contributed by atoms with Crippen LogP contribution in [-0.4, -0.2) is 31.9 Å². The predicted octanol–water partition coefficient (Wildman–Crippen LogP) is 6.15. The van der Waals surface area contributed by atoms with Crippen LogP contribution < -0.4 is 5.32 Å². The molecule has 0 bridgehead atoms. The van der Waals surface area contributed by atoms with Crippen LogP contribution in [0.3, 0.4) is 0 Å². The lowest BCUT2D eigenvalue weighted by molar-refractivity contribution is 0.0559. The topological polar surface area (TPSA) is 97.0 Å². The number of hydrogen-bond acceptors (Lipinski definition) is 6. The number of amides is 1. The summed E-state index contributed by atoms with van der Waals surface area (Å²) in [5.74, 6) is -0.441. The first-order valence-corrected chi connectivity index (χ1v) is 12.8. The van der Waals surface area contributed by atoms with Crippen LogP contribution in [0.15, 0.2) is 87.3 Å². The highest BCUT2D eigenvalue weighted by atomic mass is 32.2. The van der Waals surface area contributed by atoms with Gasteiger partial charge in [0.2, 0.25) is 5.96 Å². The number of nitrogens with one attached hydrogen (secondary N) is 1. The Labute approximate surface area is 217 Å². The normalized spacial score (nSPS) is 15.1. The van der Waals surface area contributed by atoms with E-state index in [9.17, 15) is 13.4 Å². The summed E-state index contributed by atoms with van der Waals surface area (Å²) in [6.45, 7) is 7.11. The number of halogens is 1. The minimum atomic E-state index is -1.26. The Morgan fingerprint density at radius 2 is 1.84 bits per heavy atom. The number of ether oxygens (including phenoxy) is 1. The molecule has 1 atom stereocenters. The summed E-state index contributed by atoms with van der Waals surface area (Å²) < 4.78 is 37.3. The van der Waals surface area contributed by atoms with Gasteiger partial charge in [0.25, 0.3) is 5.88 Å². The van der Waals surface area contributed by atoms with E-state index in [1.807, 2.05) is 43.3 Å². The number of aromatic nitrogens is 1. The van der Waals surface area contributed by atoms with Gasteiger partial charge >= 0.3 is 6.09 Å². The maximum Gasteiger partial charge on any atom is 0.414 e. The molecule has 2 heterocycles. The number of guanidine groups is 1. The molecule has 3 aromatic rings. The second-order valence-corrected chi connectivity index (χ2v) is 10.5. The van der Waals surface area contributed by atoms with E-state index in [0.29, 0.717) is 11.3 Å². The lowest BCUT2D eigenvalue weighted by Crippen LogP contribution is -2.42. The Kier molecular flexibility index (Phi) is 7.68. The molecule has 0 spiro atoms. The van der Waals surface area contributed by atoms with Crippen molar-refractivity contribution in [1.29, 1.82) is 0 Å². The van der Waals surface area contributed by atoms with Crippen molar-refractivity contribution < 1.29 is 22.7 Å². The molecule has 8 nitrogen and oxygen atoms in total. The SMILES string of the molecule is CC(c1ccc(-c2ccccc2)c(F)c1)c1cc(N=C(NC(=O)OC(C)(C)C)N2C=CS(=O)C=C2)on1. The maximum atomic E-state index is 14.9. The molecule has 1 N–H and O–H groups in total. The van der Waals surface area contributed by atoms with Crippen molar-refractivity contribution in [2.24, 2.45) is 4.99 Å². The summed E-state index contributed by atoms with van der Waals surface area (Å²) in [4.78, 5) is 18.2. The molecule has 10 heteroatoms. The molecule has 1 amide bonds. The Morgan fingerprint density at radius 3 is 2.49 bits per heavy atom. The van der Waals surface area contributed by atoms with Gasteiger partial charge in [-0.25, -0.2) is 9.18 Å². The number of nitrogens with zero attached hydrogens (tertiary/aromatic N) is 3. The van der Waals surface area contributed by atoms with Gasteiger partial charge in [-0.1, -0.05) is 54.5 Å². The number of aliphatic imine (C=N–C) groups is 1. The third kappa shape index (κ3) is 6.79. The Bertz CT molecular complexity index is 1380. The molecule has 1 aliphatic rings. The number of hydrogen-bond donors (Lipinski definition) is 1. The molecule has 1 aliphatic heterocycles.